The molecule has 0 saturated carbocycles. The second-order valence-corrected chi connectivity index (χ2v) is 4.47. The highest BCUT2D eigenvalue weighted by atomic mass is 35.5. The molecule has 3 N–H and O–H groups in total. The number of nitrogens with one attached hydrogen (secondary N) is 1. The molecule has 0 atom stereocenters. The number of benzene rings is 2. The van der Waals surface area contributed by atoms with Crippen LogP contribution in [0, 0.1) is 0 Å². The molecule has 0 aliphatic heterocycles. The SMILES string of the molecule is O=C(Cc1cccc(O)c1)Nc1ccc(Cl)c(O)c1. The molecule has 0 spiro atoms. The fourth-order valence-electron chi connectivity index (χ4n) is 1.65. The van der Waals surface area contributed by atoms with E-state index in [2.05, 4.69) is 5.32 Å². The van der Waals surface area contributed by atoms with Crippen LogP contribution in [0.25, 0.3) is 0 Å². The third-order valence-electron chi connectivity index (χ3n) is 2.51. The maximum Gasteiger partial charge on any atom is 0.228 e. The number of amides is 1. The summed E-state index contributed by atoms with van der Waals surface area (Å²) in [6.07, 6.45) is 0.137. The summed E-state index contributed by atoms with van der Waals surface area (Å²) in [5.74, 6) is -0.210. The van der Waals surface area contributed by atoms with Crippen LogP contribution in [0.15, 0.2) is 42.5 Å². The minimum Gasteiger partial charge on any atom is -0.508 e. The van der Waals surface area contributed by atoms with E-state index in [1.54, 1.807) is 24.3 Å². The zero-order valence-electron chi connectivity index (χ0n) is 9.93. The highest BCUT2D eigenvalue weighted by molar-refractivity contribution is 6.32. The molecule has 0 saturated heterocycles. The second-order valence-electron chi connectivity index (χ2n) is 4.06. The average Bonchev–Trinajstić information content (AvgIpc) is 2.34. The fraction of sp³-hybridized carbons (Fsp3) is 0.0714. The first kappa shape index (κ1) is 13.2. The largest absolute Gasteiger partial charge is 0.508 e. The summed E-state index contributed by atoms with van der Waals surface area (Å²) in [6, 6.07) is 11.0. The highest BCUT2D eigenvalue weighted by Crippen LogP contribution is 2.26. The Hall–Kier alpha value is -2.20. The number of anilines is 1. The van der Waals surface area contributed by atoms with Crippen molar-refractivity contribution in [2.75, 3.05) is 5.32 Å². The van der Waals surface area contributed by atoms with Gasteiger partial charge in [0.2, 0.25) is 5.91 Å². The van der Waals surface area contributed by atoms with E-state index >= 15 is 0 Å². The molecule has 0 bridgehead atoms. The summed E-state index contributed by atoms with van der Waals surface area (Å²) in [6.45, 7) is 0. The van der Waals surface area contributed by atoms with Crippen LogP contribution >= 0.6 is 11.6 Å². The molecule has 0 aliphatic rings. The van der Waals surface area contributed by atoms with E-state index in [1.165, 1.54) is 18.2 Å². The number of phenols is 2. The van der Waals surface area contributed by atoms with Gasteiger partial charge in [0.05, 0.1) is 11.4 Å². The van der Waals surface area contributed by atoms with E-state index in [4.69, 9.17) is 11.6 Å². The average molecular weight is 278 g/mol. The van der Waals surface area contributed by atoms with Crippen molar-refractivity contribution in [1.82, 2.24) is 0 Å². The Morgan fingerprint density at radius 3 is 2.63 bits per heavy atom. The lowest BCUT2D eigenvalue weighted by molar-refractivity contribution is -0.115. The number of aromatic hydroxyl groups is 2. The molecule has 0 aromatic heterocycles. The number of hydrogen-bond acceptors (Lipinski definition) is 3. The van der Waals surface area contributed by atoms with Gasteiger partial charge in [0.1, 0.15) is 11.5 Å². The third kappa shape index (κ3) is 3.63. The number of halogens is 1. The van der Waals surface area contributed by atoms with E-state index in [9.17, 15) is 15.0 Å². The Kier molecular flexibility index (Phi) is 3.92. The Labute approximate surface area is 115 Å². The van der Waals surface area contributed by atoms with E-state index in [-0.39, 0.29) is 28.8 Å². The van der Waals surface area contributed by atoms with Crippen molar-refractivity contribution < 1.29 is 15.0 Å². The Morgan fingerprint density at radius 2 is 1.95 bits per heavy atom. The first-order valence-electron chi connectivity index (χ1n) is 5.61. The number of carbonyl (C=O) groups is 1. The summed E-state index contributed by atoms with van der Waals surface area (Å²) in [7, 11) is 0. The second kappa shape index (κ2) is 5.63. The first-order chi connectivity index (χ1) is 9.04. The normalized spacial score (nSPS) is 10.2. The molecule has 0 fully saturated rings. The molecule has 1 amide bonds. The topological polar surface area (TPSA) is 69.6 Å². The molecule has 19 heavy (non-hydrogen) atoms. The van der Waals surface area contributed by atoms with Crippen molar-refractivity contribution in [2.45, 2.75) is 6.42 Å². The monoisotopic (exact) mass is 277 g/mol. The van der Waals surface area contributed by atoms with Crippen LogP contribution < -0.4 is 5.32 Å². The van der Waals surface area contributed by atoms with Crippen molar-refractivity contribution >= 4 is 23.2 Å². The minimum absolute atomic E-state index is 0.0863. The zero-order valence-corrected chi connectivity index (χ0v) is 10.7. The molecule has 2 aromatic carbocycles. The highest BCUT2D eigenvalue weighted by Gasteiger charge is 2.06. The van der Waals surface area contributed by atoms with Gasteiger partial charge in [-0.2, -0.15) is 0 Å². The fourth-order valence-corrected chi connectivity index (χ4v) is 1.76. The third-order valence-corrected chi connectivity index (χ3v) is 2.82. The van der Waals surface area contributed by atoms with Crippen LogP contribution in [0.5, 0.6) is 11.5 Å². The van der Waals surface area contributed by atoms with Crippen molar-refractivity contribution in [3.63, 3.8) is 0 Å². The first-order valence-corrected chi connectivity index (χ1v) is 5.98. The maximum atomic E-state index is 11.8. The van der Waals surface area contributed by atoms with Crippen molar-refractivity contribution in [3.8, 4) is 11.5 Å². The van der Waals surface area contributed by atoms with Crippen LogP contribution in [-0.2, 0) is 11.2 Å². The van der Waals surface area contributed by atoms with Crippen molar-refractivity contribution in [3.05, 3.63) is 53.1 Å². The van der Waals surface area contributed by atoms with Crippen LogP contribution in [0.1, 0.15) is 5.56 Å². The van der Waals surface area contributed by atoms with Gasteiger partial charge in [-0.05, 0) is 29.8 Å². The van der Waals surface area contributed by atoms with E-state index in [0.717, 1.165) is 0 Å². The van der Waals surface area contributed by atoms with Crippen molar-refractivity contribution in [2.24, 2.45) is 0 Å². The van der Waals surface area contributed by atoms with Gasteiger partial charge < -0.3 is 15.5 Å². The molecule has 4 nitrogen and oxygen atoms in total. The standard InChI is InChI=1S/C14H12ClNO3/c15-12-5-4-10(8-13(12)18)16-14(19)7-9-2-1-3-11(17)6-9/h1-6,8,17-18H,7H2,(H,16,19). The quantitative estimate of drug-likeness (QED) is 0.808. The molecule has 98 valence electrons. The number of rotatable bonds is 3. The molecule has 0 heterocycles. The van der Waals surface area contributed by atoms with E-state index in [0.29, 0.717) is 11.3 Å². The molecule has 0 aliphatic carbocycles. The minimum atomic E-state index is -0.243. The van der Waals surface area contributed by atoms with Crippen LogP contribution in [0.3, 0.4) is 0 Å². The molecule has 0 radical (unpaired) electrons. The zero-order chi connectivity index (χ0) is 13.8. The van der Waals surface area contributed by atoms with Gasteiger partial charge in [0.25, 0.3) is 0 Å². The van der Waals surface area contributed by atoms with Crippen molar-refractivity contribution in [1.29, 1.82) is 0 Å². The summed E-state index contributed by atoms with van der Waals surface area (Å²) >= 11 is 5.67. The summed E-state index contributed by atoms with van der Waals surface area (Å²) < 4.78 is 0. The Balaban J connectivity index is 2.03. The summed E-state index contributed by atoms with van der Waals surface area (Å²) in [4.78, 5) is 11.8. The van der Waals surface area contributed by atoms with E-state index < -0.39 is 0 Å². The molecular formula is C14H12ClNO3. The predicted octanol–water partition coefficient (Wildman–Crippen LogP) is 2.93. The van der Waals surface area contributed by atoms with Gasteiger partial charge in [-0.25, -0.2) is 0 Å². The number of hydrogen-bond donors (Lipinski definition) is 3. The van der Waals surface area contributed by atoms with Crippen LogP contribution in [0.4, 0.5) is 5.69 Å². The van der Waals surface area contributed by atoms with Gasteiger partial charge in [-0.15, -0.1) is 0 Å². The van der Waals surface area contributed by atoms with Gasteiger partial charge >= 0.3 is 0 Å². The number of phenolic OH excluding ortho intramolecular Hbond substituents is 2. The van der Waals surface area contributed by atoms with Gasteiger partial charge in [-0.3, -0.25) is 4.79 Å². The lowest BCUT2D eigenvalue weighted by Gasteiger charge is -2.06. The van der Waals surface area contributed by atoms with Gasteiger partial charge in [0.15, 0.2) is 0 Å². The Morgan fingerprint density at radius 1 is 1.16 bits per heavy atom. The lowest BCUT2D eigenvalue weighted by Crippen LogP contribution is -2.14. The summed E-state index contributed by atoms with van der Waals surface area (Å²) in [5.41, 5.74) is 1.17. The van der Waals surface area contributed by atoms with Gasteiger partial charge in [-0.1, -0.05) is 23.7 Å². The summed E-state index contributed by atoms with van der Waals surface area (Å²) in [5, 5.41) is 21.6. The Bertz CT molecular complexity index is 613. The lowest BCUT2D eigenvalue weighted by atomic mass is 10.1. The number of carbonyl (C=O) groups excluding carboxylic acids is 1. The molecule has 2 rings (SSSR count). The maximum absolute atomic E-state index is 11.8. The van der Waals surface area contributed by atoms with Crippen LogP contribution in [0.2, 0.25) is 5.02 Å². The molecular weight excluding hydrogens is 266 g/mol. The molecule has 0 unspecified atom stereocenters. The van der Waals surface area contributed by atoms with Gasteiger partial charge in [0, 0.05) is 11.8 Å². The molecule has 5 heteroatoms. The van der Waals surface area contributed by atoms with E-state index in [1.807, 2.05) is 0 Å². The molecule has 2 aromatic rings. The smallest absolute Gasteiger partial charge is 0.228 e. The predicted molar refractivity (Wildman–Crippen MR) is 73.6 cm³/mol. The van der Waals surface area contributed by atoms with Crippen LogP contribution in [-0.4, -0.2) is 16.1 Å².